The maximum atomic E-state index is 8.63. The van der Waals surface area contributed by atoms with Crippen LogP contribution >= 0.6 is 49.6 Å². The Balaban J connectivity index is -0.0000000810. The normalized spacial score (nSPS) is 6.35. The highest BCUT2D eigenvalue weighted by Gasteiger charge is 1.74. The summed E-state index contributed by atoms with van der Waals surface area (Å²) in [5, 5.41) is 8.63. The van der Waals surface area contributed by atoms with Gasteiger partial charge in [-0.05, 0) is 12.1 Å². The monoisotopic (exact) mass is 316 g/mol. The van der Waals surface area contributed by atoms with Gasteiger partial charge in [0.1, 0.15) is 5.75 Å². The number of benzene rings is 2. The molecule has 0 atom stereocenters. The third kappa shape index (κ3) is 15.4. The zero-order valence-electron chi connectivity index (χ0n) is 8.93. The molecule has 2 aromatic carbocycles. The van der Waals surface area contributed by atoms with Gasteiger partial charge in [0.25, 0.3) is 0 Å². The van der Waals surface area contributed by atoms with E-state index in [-0.39, 0.29) is 49.6 Å². The molecule has 0 aliphatic carbocycles. The van der Waals surface area contributed by atoms with Gasteiger partial charge in [-0.25, -0.2) is 0 Å². The van der Waals surface area contributed by atoms with Gasteiger partial charge in [-0.3, -0.25) is 0 Å². The largest absolute Gasteiger partial charge is 0.508 e. The van der Waals surface area contributed by atoms with Crippen molar-refractivity contribution in [3.05, 3.63) is 66.7 Å². The van der Waals surface area contributed by atoms with Gasteiger partial charge in [0.2, 0.25) is 0 Å². The van der Waals surface area contributed by atoms with Crippen LogP contribution in [0.15, 0.2) is 66.7 Å². The van der Waals surface area contributed by atoms with Crippen molar-refractivity contribution in [2.75, 3.05) is 0 Å². The predicted octanol–water partition coefficient (Wildman–Crippen LogP) is 4.77. The molecule has 1 nitrogen and oxygen atoms in total. The molecule has 17 heavy (non-hydrogen) atoms. The van der Waals surface area contributed by atoms with E-state index in [2.05, 4.69) is 0 Å². The zero-order chi connectivity index (χ0) is 9.36. The Bertz CT molecular complexity index is 289. The minimum absolute atomic E-state index is 0. The Kier molecular flexibility index (Phi) is 26.5. The van der Waals surface area contributed by atoms with Crippen LogP contribution in [0.2, 0.25) is 0 Å². The fourth-order valence-electron chi connectivity index (χ4n) is 0.813. The summed E-state index contributed by atoms with van der Waals surface area (Å²) in [6.07, 6.45) is 0. The molecule has 2 rings (SSSR count). The van der Waals surface area contributed by atoms with Crippen molar-refractivity contribution in [3.8, 4) is 5.75 Å². The highest BCUT2D eigenvalue weighted by atomic mass is 35.5. The van der Waals surface area contributed by atoms with Gasteiger partial charge >= 0.3 is 0 Å². The first-order valence-electron chi connectivity index (χ1n) is 4.13. The third-order valence-electron chi connectivity index (χ3n) is 1.42. The lowest BCUT2D eigenvalue weighted by Crippen LogP contribution is -1.56. The van der Waals surface area contributed by atoms with E-state index >= 15 is 0 Å². The second-order valence-corrected chi connectivity index (χ2v) is 2.49. The van der Waals surface area contributed by atoms with Gasteiger partial charge in [-0.2, -0.15) is 0 Å². The number of hydrogen-bond donors (Lipinski definition) is 1. The number of halogens is 4. The lowest BCUT2D eigenvalue weighted by molar-refractivity contribution is 0.475. The van der Waals surface area contributed by atoms with Crippen molar-refractivity contribution >= 4 is 49.6 Å². The molecule has 0 saturated heterocycles. The molecule has 2 aromatic rings. The number of aromatic hydroxyl groups is 1. The summed E-state index contributed by atoms with van der Waals surface area (Å²) in [6.45, 7) is 0. The molecule has 0 spiro atoms. The minimum Gasteiger partial charge on any atom is -0.508 e. The van der Waals surface area contributed by atoms with Crippen LogP contribution < -0.4 is 0 Å². The first-order chi connectivity index (χ1) is 6.39. The van der Waals surface area contributed by atoms with Crippen LogP contribution in [-0.4, -0.2) is 5.11 Å². The summed E-state index contributed by atoms with van der Waals surface area (Å²) in [5.41, 5.74) is 0. The first-order valence-corrected chi connectivity index (χ1v) is 4.13. The molecule has 0 aliphatic rings. The van der Waals surface area contributed by atoms with Gasteiger partial charge in [-0.15, -0.1) is 49.6 Å². The molecule has 0 saturated carbocycles. The van der Waals surface area contributed by atoms with Crippen molar-refractivity contribution in [1.82, 2.24) is 0 Å². The zero-order valence-corrected chi connectivity index (χ0v) is 12.2. The summed E-state index contributed by atoms with van der Waals surface area (Å²) in [5.74, 6) is 0.322. The molecule has 0 aliphatic heterocycles. The van der Waals surface area contributed by atoms with Crippen molar-refractivity contribution in [2.24, 2.45) is 0 Å². The fraction of sp³-hybridized carbons (Fsp3) is 0. The summed E-state index contributed by atoms with van der Waals surface area (Å²) in [4.78, 5) is 0. The van der Waals surface area contributed by atoms with Crippen LogP contribution in [0, 0.1) is 0 Å². The molecular formula is C12H16Cl4O. The molecule has 0 unspecified atom stereocenters. The average molecular weight is 318 g/mol. The Hall–Kier alpha value is -0.600. The standard InChI is InChI=1S/C6H6O.C6H6.4ClH/c7-6-4-2-1-3-5-6;1-2-4-6-5-3-1;;;;/h1-5,7H;1-6H;4*1H. The van der Waals surface area contributed by atoms with Crippen molar-refractivity contribution in [3.63, 3.8) is 0 Å². The number of rotatable bonds is 0. The Morgan fingerprint density at radius 2 is 0.706 bits per heavy atom. The van der Waals surface area contributed by atoms with Gasteiger partial charge < -0.3 is 5.11 Å². The molecule has 0 fully saturated rings. The highest BCUT2D eigenvalue weighted by molar-refractivity contribution is 5.86. The van der Waals surface area contributed by atoms with E-state index in [1.807, 2.05) is 42.5 Å². The summed E-state index contributed by atoms with van der Waals surface area (Å²) in [6, 6.07) is 20.7. The molecule has 0 radical (unpaired) electrons. The van der Waals surface area contributed by atoms with Gasteiger partial charge in [0.05, 0.1) is 0 Å². The lowest BCUT2D eigenvalue weighted by Gasteiger charge is -1.82. The van der Waals surface area contributed by atoms with E-state index in [1.54, 1.807) is 24.3 Å². The van der Waals surface area contributed by atoms with E-state index in [4.69, 9.17) is 5.11 Å². The van der Waals surface area contributed by atoms with Crippen LogP contribution in [0.4, 0.5) is 0 Å². The molecule has 1 N–H and O–H groups in total. The van der Waals surface area contributed by atoms with E-state index in [9.17, 15) is 0 Å². The Morgan fingerprint density at radius 1 is 0.471 bits per heavy atom. The summed E-state index contributed by atoms with van der Waals surface area (Å²) < 4.78 is 0. The summed E-state index contributed by atoms with van der Waals surface area (Å²) >= 11 is 0. The molecule has 98 valence electrons. The third-order valence-corrected chi connectivity index (χ3v) is 1.42. The Labute approximate surface area is 127 Å². The van der Waals surface area contributed by atoms with Gasteiger partial charge in [-0.1, -0.05) is 54.6 Å². The number of phenolic OH excluding ortho intramolecular Hbond substituents is 1. The molecule has 5 heteroatoms. The van der Waals surface area contributed by atoms with E-state index < -0.39 is 0 Å². The van der Waals surface area contributed by atoms with E-state index in [0.29, 0.717) is 5.75 Å². The maximum Gasteiger partial charge on any atom is 0.115 e. The summed E-state index contributed by atoms with van der Waals surface area (Å²) in [7, 11) is 0. The second-order valence-electron chi connectivity index (χ2n) is 2.49. The van der Waals surface area contributed by atoms with Crippen LogP contribution in [0.3, 0.4) is 0 Å². The van der Waals surface area contributed by atoms with Crippen molar-refractivity contribution < 1.29 is 5.11 Å². The average Bonchev–Trinajstić information content (AvgIpc) is 2.22. The fourth-order valence-corrected chi connectivity index (χ4v) is 0.813. The number of hydrogen-bond acceptors (Lipinski definition) is 1. The van der Waals surface area contributed by atoms with Crippen molar-refractivity contribution in [2.45, 2.75) is 0 Å². The second kappa shape index (κ2) is 17.8. The SMILES string of the molecule is Cl.Cl.Cl.Cl.Oc1ccccc1.c1ccccc1. The highest BCUT2D eigenvalue weighted by Crippen LogP contribution is 2.02. The van der Waals surface area contributed by atoms with Crippen LogP contribution in [-0.2, 0) is 0 Å². The van der Waals surface area contributed by atoms with Gasteiger partial charge in [0.15, 0.2) is 0 Å². The van der Waals surface area contributed by atoms with Crippen molar-refractivity contribution in [1.29, 1.82) is 0 Å². The topological polar surface area (TPSA) is 20.2 Å². The number of para-hydroxylation sites is 1. The smallest absolute Gasteiger partial charge is 0.115 e. The van der Waals surface area contributed by atoms with Crippen LogP contribution in [0.25, 0.3) is 0 Å². The quantitative estimate of drug-likeness (QED) is 0.742. The molecular weight excluding hydrogens is 302 g/mol. The lowest BCUT2D eigenvalue weighted by atomic mass is 10.3. The predicted molar refractivity (Wildman–Crippen MR) is 83.5 cm³/mol. The molecule has 0 heterocycles. The van der Waals surface area contributed by atoms with Gasteiger partial charge in [0, 0.05) is 0 Å². The maximum absolute atomic E-state index is 8.63. The van der Waals surface area contributed by atoms with E-state index in [0.717, 1.165) is 0 Å². The number of phenols is 1. The minimum atomic E-state index is 0. The molecule has 0 aromatic heterocycles. The molecule has 0 bridgehead atoms. The Morgan fingerprint density at radius 3 is 0.882 bits per heavy atom. The van der Waals surface area contributed by atoms with Crippen LogP contribution in [0.5, 0.6) is 5.75 Å². The molecule has 0 amide bonds. The van der Waals surface area contributed by atoms with Crippen LogP contribution in [0.1, 0.15) is 0 Å². The van der Waals surface area contributed by atoms with E-state index in [1.165, 1.54) is 0 Å². The first kappa shape index (κ1) is 25.3.